The second kappa shape index (κ2) is 4.75. The van der Waals surface area contributed by atoms with Gasteiger partial charge in [-0.3, -0.25) is 0 Å². The molecule has 1 aromatic rings. The van der Waals surface area contributed by atoms with Crippen LogP contribution in [0.1, 0.15) is 53.1 Å². The van der Waals surface area contributed by atoms with E-state index in [0.29, 0.717) is 6.04 Å². The Labute approximate surface area is 116 Å². The molecule has 0 aromatic carbocycles. The van der Waals surface area contributed by atoms with Crippen LogP contribution in [-0.4, -0.2) is 29.1 Å². The summed E-state index contributed by atoms with van der Waals surface area (Å²) < 4.78 is 0. The first-order valence-corrected chi connectivity index (χ1v) is 7.03. The molecule has 4 heteroatoms. The van der Waals surface area contributed by atoms with Gasteiger partial charge in [0.15, 0.2) is 0 Å². The van der Waals surface area contributed by atoms with Gasteiger partial charge in [0.1, 0.15) is 11.6 Å². The zero-order valence-electron chi connectivity index (χ0n) is 13.0. The van der Waals surface area contributed by atoms with Crippen LogP contribution >= 0.6 is 0 Å². The average molecular weight is 262 g/mol. The van der Waals surface area contributed by atoms with Crippen LogP contribution in [0.2, 0.25) is 0 Å². The molecule has 0 amide bonds. The van der Waals surface area contributed by atoms with Gasteiger partial charge in [0.05, 0.1) is 11.7 Å². The predicted octanol–water partition coefficient (Wildman–Crippen LogP) is 2.46. The summed E-state index contributed by atoms with van der Waals surface area (Å²) in [5.41, 5.74) is 1.11. The summed E-state index contributed by atoms with van der Waals surface area (Å²) in [6.07, 6.45) is 0. The highest BCUT2D eigenvalue weighted by Crippen LogP contribution is 2.27. The van der Waals surface area contributed by atoms with Crippen LogP contribution < -0.4 is 10.6 Å². The van der Waals surface area contributed by atoms with Crippen LogP contribution in [-0.2, 0) is 10.8 Å². The van der Waals surface area contributed by atoms with Crippen molar-refractivity contribution in [2.45, 2.75) is 58.4 Å². The van der Waals surface area contributed by atoms with Gasteiger partial charge in [-0.05, 0) is 0 Å². The maximum atomic E-state index is 4.76. The Morgan fingerprint density at radius 3 is 2.11 bits per heavy atom. The number of anilines is 1. The maximum absolute atomic E-state index is 4.76. The van der Waals surface area contributed by atoms with Crippen molar-refractivity contribution in [2.75, 3.05) is 18.4 Å². The maximum Gasteiger partial charge on any atom is 0.136 e. The minimum atomic E-state index is -0.0322. The number of hydrogen-bond donors (Lipinski definition) is 2. The average Bonchev–Trinajstić information content (AvgIpc) is 2.21. The fraction of sp³-hybridized carbons (Fsp3) is 0.733. The van der Waals surface area contributed by atoms with Gasteiger partial charge in [-0.1, -0.05) is 41.5 Å². The Kier molecular flexibility index (Phi) is 3.56. The molecule has 0 bridgehead atoms. The Hall–Kier alpha value is -1.16. The smallest absolute Gasteiger partial charge is 0.136 e. The van der Waals surface area contributed by atoms with Crippen molar-refractivity contribution < 1.29 is 0 Å². The highest BCUT2D eigenvalue weighted by Gasteiger charge is 2.25. The van der Waals surface area contributed by atoms with Crippen LogP contribution in [0.4, 0.5) is 5.82 Å². The molecule has 1 aliphatic heterocycles. The van der Waals surface area contributed by atoms with E-state index >= 15 is 0 Å². The van der Waals surface area contributed by atoms with E-state index in [9.17, 15) is 0 Å². The molecule has 2 heterocycles. The predicted molar refractivity (Wildman–Crippen MR) is 79.7 cm³/mol. The van der Waals surface area contributed by atoms with Gasteiger partial charge in [-0.25, -0.2) is 9.97 Å². The first kappa shape index (κ1) is 14.3. The standard InChI is InChI=1S/C15H26N4/c1-14(2,3)11-7-12(17-10-8-16-9-10)19-13(18-11)15(4,5)6/h7,10,16H,8-9H2,1-6H3,(H,17,18,19). The first-order valence-electron chi connectivity index (χ1n) is 7.03. The number of nitrogens with zero attached hydrogens (tertiary/aromatic N) is 2. The second-order valence-electron chi connectivity index (χ2n) is 7.46. The van der Waals surface area contributed by atoms with Crippen molar-refractivity contribution in [2.24, 2.45) is 0 Å². The van der Waals surface area contributed by atoms with Crippen LogP contribution in [0.5, 0.6) is 0 Å². The molecule has 4 nitrogen and oxygen atoms in total. The molecule has 0 spiro atoms. The fourth-order valence-electron chi connectivity index (χ4n) is 1.84. The molecule has 1 fully saturated rings. The third-order valence-corrected chi connectivity index (χ3v) is 3.30. The van der Waals surface area contributed by atoms with E-state index in [1.165, 1.54) is 0 Å². The Balaban J connectivity index is 2.36. The monoisotopic (exact) mass is 262 g/mol. The van der Waals surface area contributed by atoms with Gasteiger partial charge in [0, 0.05) is 30.0 Å². The molecule has 0 aliphatic carbocycles. The molecule has 2 rings (SSSR count). The number of hydrogen-bond acceptors (Lipinski definition) is 4. The molecule has 2 N–H and O–H groups in total. The van der Waals surface area contributed by atoms with Crippen molar-refractivity contribution in [1.82, 2.24) is 15.3 Å². The largest absolute Gasteiger partial charge is 0.365 e. The number of aromatic nitrogens is 2. The zero-order chi connectivity index (χ0) is 14.3. The zero-order valence-corrected chi connectivity index (χ0v) is 13.0. The van der Waals surface area contributed by atoms with Gasteiger partial charge in [0.25, 0.3) is 0 Å². The van der Waals surface area contributed by atoms with Crippen LogP contribution in [0.3, 0.4) is 0 Å². The van der Waals surface area contributed by atoms with Crippen LogP contribution in [0.15, 0.2) is 6.07 Å². The van der Waals surface area contributed by atoms with Crippen molar-refractivity contribution >= 4 is 5.82 Å². The van der Waals surface area contributed by atoms with Crippen molar-refractivity contribution in [3.63, 3.8) is 0 Å². The van der Waals surface area contributed by atoms with Gasteiger partial charge >= 0.3 is 0 Å². The summed E-state index contributed by atoms with van der Waals surface area (Å²) in [4.78, 5) is 9.45. The van der Waals surface area contributed by atoms with E-state index in [0.717, 1.165) is 30.4 Å². The normalized spacial score (nSPS) is 17.2. The highest BCUT2D eigenvalue weighted by atomic mass is 15.1. The number of nitrogens with one attached hydrogen (secondary N) is 2. The Bertz CT molecular complexity index is 418. The minimum absolute atomic E-state index is 0.0322. The van der Waals surface area contributed by atoms with E-state index in [4.69, 9.17) is 4.98 Å². The summed E-state index contributed by atoms with van der Waals surface area (Å²) in [5.74, 6) is 1.87. The van der Waals surface area contributed by atoms with Gasteiger partial charge in [0.2, 0.25) is 0 Å². The molecule has 0 saturated carbocycles. The lowest BCUT2D eigenvalue weighted by atomic mass is 9.90. The van der Waals surface area contributed by atoms with Crippen LogP contribution in [0.25, 0.3) is 0 Å². The Morgan fingerprint density at radius 1 is 1.05 bits per heavy atom. The summed E-state index contributed by atoms with van der Waals surface area (Å²) in [6.45, 7) is 15.1. The summed E-state index contributed by atoms with van der Waals surface area (Å²) in [7, 11) is 0. The highest BCUT2D eigenvalue weighted by molar-refractivity contribution is 5.40. The second-order valence-corrected chi connectivity index (χ2v) is 7.46. The first-order chi connectivity index (χ1) is 8.66. The quantitative estimate of drug-likeness (QED) is 0.859. The minimum Gasteiger partial charge on any atom is -0.365 e. The van der Waals surface area contributed by atoms with E-state index < -0.39 is 0 Å². The lowest BCUT2D eigenvalue weighted by molar-refractivity contribution is 0.468. The van der Waals surface area contributed by atoms with E-state index in [2.05, 4.69) is 63.2 Å². The summed E-state index contributed by atoms with van der Waals surface area (Å²) in [6, 6.07) is 2.59. The fourth-order valence-corrected chi connectivity index (χ4v) is 1.84. The molecular formula is C15H26N4. The lowest BCUT2D eigenvalue weighted by Crippen LogP contribution is -2.51. The van der Waals surface area contributed by atoms with Crippen LogP contribution in [0, 0.1) is 0 Å². The van der Waals surface area contributed by atoms with Gasteiger partial charge in [-0.2, -0.15) is 0 Å². The molecule has 0 atom stereocenters. The van der Waals surface area contributed by atoms with E-state index in [-0.39, 0.29) is 10.8 Å². The third-order valence-electron chi connectivity index (χ3n) is 3.30. The molecule has 1 aliphatic rings. The molecule has 1 saturated heterocycles. The van der Waals surface area contributed by atoms with Crippen molar-refractivity contribution in [3.05, 3.63) is 17.6 Å². The van der Waals surface area contributed by atoms with Gasteiger partial charge in [-0.15, -0.1) is 0 Å². The van der Waals surface area contributed by atoms with E-state index in [1.54, 1.807) is 0 Å². The van der Waals surface area contributed by atoms with Crippen molar-refractivity contribution in [1.29, 1.82) is 0 Å². The molecule has 1 aromatic heterocycles. The molecule has 106 valence electrons. The Morgan fingerprint density at radius 2 is 1.68 bits per heavy atom. The lowest BCUT2D eigenvalue weighted by Gasteiger charge is -2.30. The molecule has 0 radical (unpaired) electrons. The number of rotatable bonds is 2. The third kappa shape index (κ3) is 3.44. The molecular weight excluding hydrogens is 236 g/mol. The molecule has 19 heavy (non-hydrogen) atoms. The topological polar surface area (TPSA) is 49.8 Å². The summed E-state index contributed by atoms with van der Waals surface area (Å²) >= 11 is 0. The summed E-state index contributed by atoms with van der Waals surface area (Å²) in [5, 5.41) is 6.75. The van der Waals surface area contributed by atoms with Crippen molar-refractivity contribution in [3.8, 4) is 0 Å². The SMILES string of the molecule is CC(C)(C)c1cc(NC2CNC2)nc(C(C)(C)C)n1. The molecule has 0 unspecified atom stereocenters. The van der Waals surface area contributed by atoms with Gasteiger partial charge < -0.3 is 10.6 Å². The van der Waals surface area contributed by atoms with E-state index in [1.807, 2.05) is 0 Å².